The summed E-state index contributed by atoms with van der Waals surface area (Å²) in [7, 11) is -3.92. The Morgan fingerprint density at radius 3 is 2.43 bits per heavy atom. The second-order valence-electron chi connectivity index (χ2n) is 7.14. The fourth-order valence-electron chi connectivity index (χ4n) is 2.52. The second-order valence-corrected chi connectivity index (χ2v) is 9.23. The van der Waals surface area contributed by atoms with Gasteiger partial charge in [0.1, 0.15) is 5.60 Å². The van der Waals surface area contributed by atoms with Gasteiger partial charge in [0.25, 0.3) is 10.0 Å². The Bertz CT molecular complexity index is 1130. The molecular formula is C19H20ClN3O4S. The van der Waals surface area contributed by atoms with Crippen molar-refractivity contribution in [2.24, 2.45) is 0 Å². The number of hydrogen-bond acceptors (Lipinski definition) is 4. The van der Waals surface area contributed by atoms with E-state index < -0.39 is 21.7 Å². The highest BCUT2D eigenvalue weighted by molar-refractivity contribution is 7.92. The van der Waals surface area contributed by atoms with E-state index in [1.165, 1.54) is 6.07 Å². The molecule has 1 aromatic heterocycles. The van der Waals surface area contributed by atoms with Crippen LogP contribution in [-0.2, 0) is 14.8 Å². The first-order chi connectivity index (χ1) is 13.0. The molecule has 7 nitrogen and oxygen atoms in total. The lowest BCUT2D eigenvalue weighted by Gasteiger charge is -2.20. The minimum Gasteiger partial charge on any atom is -0.444 e. The van der Waals surface area contributed by atoms with E-state index in [-0.39, 0.29) is 16.4 Å². The van der Waals surface area contributed by atoms with Crippen LogP contribution in [0.2, 0.25) is 5.02 Å². The molecule has 28 heavy (non-hydrogen) atoms. The molecular weight excluding hydrogens is 402 g/mol. The number of sulfonamides is 1. The first-order valence-corrected chi connectivity index (χ1v) is 10.3. The molecule has 3 N–H and O–H groups in total. The van der Waals surface area contributed by atoms with Crippen molar-refractivity contribution >= 4 is 50.0 Å². The smallest absolute Gasteiger partial charge is 0.412 e. The number of nitrogens with one attached hydrogen (secondary N) is 3. The van der Waals surface area contributed by atoms with Gasteiger partial charge in [0.05, 0.1) is 11.4 Å². The van der Waals surface area contributed by atoms with Gasteiger partial charge in [0.15, 0.2) is 5.03 Å². The minimum atomic E-state index is -3.92. The fraction of sp³-hybridized carbons (Fsp3) is 0.211. The third-order valence-electron chi connectivity index (χ3n) is 3.65. The summed E-state index contributed by atoms with van der Waals surface area (Å²) in [6, 6.07) is 13.0. The fourth-order valence-corrected chi connectivity index (χ4v) is 3.80. The maximum absolute atomic E-state index is 12.8. The SMILES string of the molecule is CC(C)(C)OC(=O)Nc1ccccc1NS(=O)(=O)c1cc2cc(Cl)ccc2[nH]1. The standard InChI is InChI=1S/C19H20ClN3O4S/c1-19(2,3)27-18(24)22-15-6-4-5-7-16(15)23-28(25,26)17-11-12-10-13(20)8-9-14(12)21-17/h4-11,21,23H,1-3H3,(H,22,24). The van der Waals surface area contributed by atoms with E-state index in [1.54, 1.807) is 63.2 Å². The van der Waals surface area contributed by atoms with Crippen LogP contribution >= 0.6 is 11.6 Å². The third-order valence-corrected chi connectivity index (χ3v) is 5.18. The van der Waals surface area contributed by atoms with Gasteiger partial charge in [0, 0.05) is 15.9 Å². The second kappa shape index (κ2) is 7.37. The van der Waals surface area contributed by atoms with Crippen LogP contribution in [0.15, 0.2) is 53.6 Å². The molecule has 0 bridgehead atoms. The number of halogens is 1. The summed E-state index contributed by atoms with van der Waals surface area (Å²) < 4.78 is 33.3. The van der Waals surface area contributed by atoms with Crippen molar-refractivity contribution in [2.75, 3.05) is 10.0 Å². The van der Waals surface area contributed by atoms with Gasteiger partial charge in [-0.15, -0.1) is 0 Å². The zero-order chi connectivity index (χ0) is 20.5. The van der Waals surface area contributed by atoms with Crippen molar-refractivity contribution in [2.45, 2.75) is 31.4 Å². The first-order valence-electron chi connectivity index (χ1n) is 8.44. The van der Waals surface area contributed by atoms with Crippen molar-refractivity contribution in [3.63, 3.8) is 0 Å². The van der Waals surface area contributed by atoms with Crippen LogP contribution in [0.1, 0.15) is 20.8 Å². The Labute approximate surface area is 168 Å². The monoisotopic (exact) mass is 421 g/mol. The van der Waals surface area contributed by atoms with Crippen LogP contribution in [0.4, 0.5) is 16.2 Å². The van der Waals surface area contributed by atoms with Crippen LogP contribution in [0.25, 0.3) is 10.9 Å². The van der Waals surface area contributed by atoms with Gasteiger partial charge in [-0.2, -0.15) is 8.42 Å². The van der Waals surface area contributed by atoms with Crippen molar-refractivity contribution in [1.82, 2.24) is 4.98 Å². The summed E-state index contributed by atoms with van der Waals surface area (Å²) in [6.07, 6.45) is -0.681. The minimum absolute atomic E-state index is 0.0168. The summed E-state index contributed by atoms with van der Waals surface area (Å²) in [6.45, 7) is 5.22. The van der Waals surface area contributed by atoms with Crippen LogP contribution < -0.4 is 10.0 Å². The number of amides is 1. The number of para-hydroxylation sites is 2. The van der Waals surface area contributed by atoms with Crippen LogP contribution in [0.3, 0.4) is 0 Å². The Morgan fingerprint density at radius 2 is 1.75 bits per heavy atom. The zero-order valence-electron chi connectivity index (χ0n) is 15.5. The summed E-state index contributed by atoms with van der Waals surface area (Å²) in [4.78, 5) is 14.9. The number of aromatic amines is 1. The number of aromatic nitrogens is 1. The van der Waals surface area contributed by atoms with E-state index in [2.05, 4.69) is 15.0 Å². The molecule has 0 saturated carbocycles. The predicted molar refractivity (Wildman–Crippen MR) is 110 cm³/mol. The molecule has 148 valence electrons. The largest absolute Gasteiger partial charge is 0.444 e. The molecule has 2 aromatic carbocycles. The Hall–Kier alpha value is -2.71. The van der Waals surface area contributed by atoms with Crippen LogP contribution in [0.5, 0.6) is 0 Å². The highest BCUT2D eigenvalue weighted by Gasteiger charge is 2.21. The summed E-state index contributed by atoms with van der Waals surface area (Å²) in [5.74, 6) is 0. The summed E-state index contributed by atoms with van der Waals surface area (Å²) >= 11 is 5.96. The predicted octanol–water partition coefficient (Wildman–Crippen LogP) is 4.97. The van der Waals surface area contributed by atoms with Gasteiger partial charge >= 0.3 is 6.09 Å². The van der Waals surface area contributed by atoms with Crippen molar-refractivity contribution in [3.8, 4) is 0 Å². The van der Waals surface area contributed by atoms with E-state index in [9.17, 15) is 13.2 Å². The molecule has 0 fully saturated rings. The van der Waals surface area contributed by atoms with Gasteiger partial charge in [-0.25, -0.2) is 4.79 Å². The summed E-state index contributed by atoms with van der Waals surface area (Å²) in [5, 5.41) is 3.73. The average molecular weight is 422 g/mol. The number of benzene rings is 2. The molecule has 0 saturated heterocycles. The topological polar surface area (TPSA) is 100 Å². The highest BCUT2D eigenvalue weighted by atomic mass is 35.5. The maximum atomic E-state index is 12.8. The lowest BCUT2D eigenvalue weighted by Crippen LogP contribution is -2.27. The van der Waals surface area contributed by atoms with Gasteiger partial charge in [-0.05, 0) is 57.2 Å². The molecule has 0 aliphatic rings. The van der Waals surface area contributed by atoms with Crippen LogP contribution in [0, 0.1) is 0 Å². The van der Waals surface area contributed by atoms with Crippen molar-refractivity contribution in [1.29, 1.82) is 0 Å². The molecule has 1 heterocycles. The van der Waals surface area contributed by atoms with E-state index in [4.69, 9.17) is 16.3 Å². The number of carbonyl (C=O) groups is 1. The van der Waals surface area contributed by atoms with E-state index in [0.717, 1.165) is 0 Å². The number of rotatable bonds is 4. The molecule has 1 amide bonds. The Kier molecular flexibility index (Phi) is 5.27. The number of carbonyl (C=O) groups excluding carboxylic acids is 1. The number of H-pyrrole nitrogens is 1. The van der Waals surface area contributed by atoms with Crippen molar-refractivity contribution < 1.29 is 17.9 Å². The van der Waals surface area contributed by atoms with Gasteiger partial charge in [0.2, 0.25) is 0 Å². The molecule has 0 unspecified atom stereocenters. The van der Waals surface area contributed by atoms with Gasteiger partial charge in [-0.1, -0.05) is 23.7 Å². The molecule has 0 spiro atoms. The highest BCUT2D eigenvalue weighted by Crippen LogP contribution is 2.27. The summed E-state index contributed by atoms with van der Waals surface area (Å²) in [5.41, 5.74) is 0.457. The lowest BCUT2D eigenvalue weighted by atomic mass is 10.2. The molecule has 0 radical (unpaired) electrons. The van der Waals surface area contributed by atoms with Crippen LogP contribution in [-0.4, -0.2) is 25.1 Å². The molecule has 0 aliphatic carbocycles. The molecule has 0 aliphatic heterocycles. The number of anilines is 2. The number of fused-ring (bicyclic) bond motifs is 1. The average Bonchev–Trinajstić information content (AvgIpc) is 2.98. The van der Waals surface area contributed by atoms with Gasteiger partial charge < -0.3 is 9.72 Å². The van der Waals surface area contributed by atoms with E-state index >= 15 is 0 Å². The molecule has 3 aromatic rings. The zero-order valence-corrected chi connectivity index (χ0v) is 17.1. The third kappa shape index (κ3) is 4.76. The lowest BCUT2D eigenvalue weighted by molar-refractivity contribution is 0.0636. The quantitative estimate of drug-likeness (QED) is 0.553. The molecule has 9 heteroatoms. The normalized spacial score (nSPS) is 12.0. The maximum Gasteiger partial charge on any atom is 0.412 e. The molecule has 3 rings (SSSR count). The Morgan fingerprint density at radius 1 is 1.07 bits per heavy atom. The number of ether oxygens (including phenoxy) is 1. The van der Waals surface area contributed by atoms with Gasteiger partial charge in [-0.3, -0.25) is 10.0 Å². The number of hydrogen-bond donors (Lipinski definition) is 3. The first kappa shape index (κ1) is 20.0. The van der Waals surface area contributed by atoms with Crippen molar-refractivity contribution in [3.05, 3.63) is 53.6 Å². The molecule has 0 atom stereocenters. The Balaban J connectivity index is 1.87. The van der Waals surface area contributed by atoms with E-state index in [1.807, 2.05) is 0 Å². The van der Waals surface area contributed by atoms with E-state index in [0.29, 0.717) is 15.9 Å².